The van der Waals surface area contributed by atoms with Crippen LogP contribution in [0.5, 0.6) is 0 Å². The van der Waals surface area contributed by atoms with E-state index in [1.54, 1.807) is 11.1 Å². The van der Waals surface area contributed by atoms with Crippen LogP contribution in [0, 0.1) is 0 Å². The molecule has 0 unspecified atom stereocenters. The minimum Gasteiger partial charge on any atom is -0.299 e. The van der Waals surface area contributed by atoms with Crippen molar-refractivity contribution in [2.45, 2.75) is 46.1 Å². The zero-order chi connectivity index (χ0) is 11.5. The van der Waals surface area contributed by atoms with E-state index < -0.39 is 0 Å². The molecular weight excluding hydrogens is 194 g/mol. The normalized spacial score (nSPS) is 16.5. The monoisotopic (exact) mass is 217 g/mol. The van der Waals surface area contributed by atoms with Gasteiger partial charge in [0.2, 0.25) is 0 Å². The molecule has 2 rings (SSSR count). The Morgan fingerprint density at radius 2 is 2.06 bits per heavy atom. The smallest absolute Gasteiger partial charge is 0.0236 e. The van der Waals surface area contributed by atoms with E-state index in [-0.39, 0.29) is 0 Å². The Morgan fingerprint density at radius 1 is 1.25 bits per heavy atom. The number of nitrogens with zero attached hydrogens (tertiary/aromatic N) is 1. The summed E-state index contributed by atoms with van der Waals surface area (Å²) < 4.78 is 0. The van der Waals surface area contributed by atoms with Gasteiger partial charge in [-0.2, -0.15) is 0 Å². The maximum Gasteiger partial charge on any atom is 0.0236 e. The average Bonchev–Trinajstić information content (AvgIpc) is 2.28. The van der Waals surface area contributed by atoms with Crippen molar-refractivity contribution < 1.29 is 0 Å². The summed E-state index contributed by atoms with van der Waals surface area (Å²) in [5, 5.41) is 0. The van der Waals surface area contributed by atoms with Crippen LogP contribution in [0.15, 0.2) is 18.2 Å². The standard InChI is InChI=1S/C15H23N/c1-4-8-16-9-7-14-10-13(12(2)3)5-6-15(14)11-16/h5-6,10,12H,4,7-9,11H2,1-3H3. The Morgan fingerprint density at radius 3 is 2.75 bits per heavy atom. The molecule has 0 N–H and O–H groups in total. The lowest BCUT2D eigenvalue weighted by Gasteiger charge is -2.29. The Labute approximate surface area is 99.5 Å². The Kier molecular flexibility index (Phi) is 3.65. The van der Waals surface area contributed by atoms with Gasteiger partial charge in [-0.25, -0.2) is 0 Å². The fourth-order valence-electron chi connectivity index (χ4n) is 2.50. The molecule has 0 spiro atoms. The maximum absolute atomic E-state index is 2.57. The van der Waals surface area contributed by atoms with Gasteiger partial charge in [0.25, 0.3) is 0 Å². The van der Waals surface area contributed by atoms with Gasteiger partial charge >= 0.3 is 0 Å². The summed E-state index contributed by atoms with van der Waals surface area (Å²) in [5.41, 5.74) is 4.62. The molecule has 0 radical (unpaired) electrons. The van der Waals surface area contributed by atoms with Crippen LogP contribution in [0.1, 0.15) is 49.8 Å². The quantitative estimate of drug-likeness (QED) is 0.748. The zero-order valence-corrected chi connectivity index (χ0v) is 10.8. The number of rotatable bonds is 3. The predicted molar refractivity (Wildman–Crippen MR) is 69.8 cm³/mol. The fraction of sp³-hybridized carbons (Fsp3) is 0.600. The molecule has 0 fully saturated rings. The lowest BCUT2D eigenvalue weighted by molar-refractivity contribution is 0.254. The van der Waals surface area contributed by atoms with Gasteiger partial charge in [-0.15, -0.1) is 0 Å². The van der Waals surface area contributed by atoms with E-state index in [9.17, 15) is 0 Å². The minimum absolute atomic E-state index is 0.652. The third-order valence-corrected chi connectivity index (χ3v) is 3.53. The third kappa shape index (κ3) is 2.46. The van der Waals surface area contributed by atoms with Gasteiger partial charge in [0.15, 0.2) is 0 Å². The fourth-order valence-corrected chi connectivity index (χ4v) is 2.50. The topological polar surface area (TPSA) is 3.24 Å². The third-order valence-electron chi connectivity index (χ3n) is 3.53. The zero-order valence-electron chi connectivity index (χ0n) is 10.8. The van der Waals surface area contributed by atoms with Crippen LogP contribution < -0.4 is 0 Å². The summed E-state index contributed by atoms with van der Waals surface area (Å²) >= 11 is 0. The summed E-state index contributed by atoms with van der Waals surface area (Å²) in [6, 6.07) is 7.06. The molecule has 0 amide bonds. The molecule has 1 heteroatoms. The SMILES string of the molecule is CCCN1CCc2cc(C(C)C)ccc2C1. The van der Waals surface area contributed by atoms with E-state index in [4.69, 9.17) is 0 Å². The molecule has 1 aromatic rings. The van der Waals surface area contributed by atoms with E-state index in [2.05, 4.69) is 43.9 Å². The molecule has 1 heterocycles. The van der Waals surface area contributed by atoms with Crippen LogP contribution in [0.25, 0.3) is 0 Å². The molecule has 0 saturated heterocycles. The molecule has 1 aliphatic heterocycles. The first-order chi connectivity index (χ1) is 7.70. The van der Waals surface area contributed by atoms with Crippen molar-refractivity contribution in [3.05, 3.63) is 34.9 Å². The van der Waals surface area contributed by atoms with Crippen molar-refractivity contribution in [2.75, 3.05) is 13.1 Å². The van der Waals surface area contributed by atoms with Crippen LogP contribution in [-0.2, 0) is 13.0 Å². The van der Waals surface area contributed by atoms with Crippen molar-refractivity contribution in [2.24, 2.45) is 0 Å². The summed E-state index contributed by atoms with van der Waals surface area (Å²) in [7, 11) is 0. The van der Waals surface area contributed by atoms with Crippen LogP contribution in [0.2, 0.25) is 0 Å². The van der Waals surface area contributed by atoms with Crippen LogP contribution in [-0.4, -0.2) is 18.0 Å². The van der Waals surface area contributed by atoms with Gasteiger partial charge in [-0.3, -0.25) is 4.90 Å². The Bertz CT molecular complexity index is 354. The molecule has 1 aliphatic rings. The van der Waals surface area contributed by atoms with Crippen molar-refractivity contribution >= 4 is 0 Å². The first-order valence-electron chi connectivity index (χ1n) is 6.54. The predicted octanol–water partition coefficient (Wildman–Crippen LogP) is 3.58. The molecule has 0 saturated carbocycles. The van der Waals surface area contributed by atoms with Crippen molar-refractivity contribution in [3.63, 3.8) is 0 Å². The Hall–Kier alpha value is -0.820. The van der Waals surface area contributed by atoms with Crippen molar-refractivity contribution in [3.8, 4) is 0 Å². The highest BCUT2D eigenvalue weighted by atomic mass is 15.1. The van der Waals surface area contributed by atoms with Gasteiger partial charge in [-0.05, 0) is 42.0 Å². The second-order valence-corrected chi connectivity index (χ2v) is 5.21. The van der Waals surface area contributed by atoms with Gasteiger partial charge in [0, 0.05) is 13.1 Å². The van der Waals surface area contributed by atoms with Gasteiger partial charge < -0.3 is 0 Å². The summed E-state index contributed by atoms with van der Waals surface area (Å²) in [6.45, 7) is 10.4. The van der Waals surface area contributed by atoms with Crippen LogP contribution >= 0.6 is 0 Å². The number of fused-ring (bicyclic) bond motifs is 1. The highest BCUT2D eigenvalue weighted by molar-refractivity contribution is 5.35. The second kappa shape index (κ2) is 5.01. The van der Waals surface area contributed by atoms with E-state index in [0.29, 0.717) is 5.92 Å². The molecule has 0 bridgehead atoms. The largest absolute Gasteiger partial charge is 0.299 e. The molecule has 1 aromatic carbocycles. The van der Waals surface area contributed by atoms with E-state index in [1.807, 2.05) is 0 Å². The van der Waals surface area contributed by atoms with Crippen molar-refractivity contribution in [1.29, 1.82) is 0 Å². The molecule has 0 aromatic heterocycles. The van der Waals surface area contributed by atoms with E-state index in [0.717, 1.165) is 6.54 Å². The van der Waals surface area contributed by atoms with E-state index in [1.165, 1.54) is 31.5 Å². The molecule has 88 valence electrons. The highest BCUT2D eigenvalue weighted by Crippen LogP contribution is 2.23. The number of hydrogen-bond donors (Lipinski definition) is 0. The molecule has 1 nitrogen and oxygen atoms in total. The van der Waals surface area contributed by atoms with Crippen LogP contribution in [0.3, 0.4) is 0 Å². The Balaban J connectivity index is 2.15. The summed E-state index contributed by atoms with van der Waals surface area (Å²) in [5.74, 6) is 0.652. The lowest BCUT2D eigenvalue weighted by Crippen LogP contribution is -2.31. The summed E-state index contributed by atoms with van der Waals surface area (Å²) in [6.07, 6.45) is 2.50. The first-order valence-corrected chi connectivity index (χ1v) is 6.54. The number of benzene rings is 1. The highest BCUT2D eigenvalue weighted by Gasteiger charge is 2.15. The van der Waals surface area contributed by atoms with Gasteiger partial charge in [0.1, 0.15) is 0 Å². The van der Waals surface area contributed by atoms with E-state index >= 15 is 0 Å². The molecule has 0 atom stereocenters. The van der Waals surface area contributed by atoms with Gasteiger partial charge in [0.05, 0.1) is 0 Å². The minimum atomic E-state index is 0.652. The molecular formula is C15H23N. The van der Waals surface area contributed by atoms with Gasteiger partial charge in [-0.1, -0.05) is 39.0 Å². The lowest BCUT2D eigenvalue weighted by atomic mass is 9.93. The summed E-state index contributed by atoms with van der Waals surface area (Å²) in [4.78, 5) is 2.57. The maximum atomic E-state index is 2.57. The second-order valence-electron chi connectivity index (χ2n) is 5.21. The molecule has 16 heavy (non-hydrogen) atoms. The molecule has 0 aliphatic carbocycles. The average molecular weight is 217 g/mol. The van der Waals surface area contributed by atoms with Crippen molar-refractivity contribution in [1.82, 2.24) is 4.90 Å². The number of hydrogen-bond acceptors (Lipinski definition) is 1. The first kappa shape index (κ1) is 11.7. The van der Waals surface area contributed by atoms with Crippen LogP contribution in [0.4, 0.5) is 0 Å².